The zero-order valence-electron chi connectivity index (χ0n) is 11.0. The molecule has 0 bridgehead atoms. The summed E-state index contributed by atoms with van der Waals surface area (Å²) in [7, 11) is 0. The summed E-state index contributed by atoms with van der Waals surface area (Å²) < 4.78 is 0. The van der Waals surface area contributed by atoms with Crippen molar-refractivity contribution in [1.82, 2.24) is 14.9 Å². The number of aromatic nitrogens is 2. The van der Waals surface area contributed by atoms with Gasteiger partial charge in [0, 0.05) is 43.5 Å². The Morgan fingerprint density at radius 2 is 1.90 bits per heavy atom. The van der Waals surface area contributed by atoms with Crippen LogP contribution in [-0.2, 0) is 13.1 Å². The molecule has 4 nitrogen and oxygen atoms in total. The minimum absolute atomic E-state index is 0.480. The molecule has 0 radical (unpaired) electrons. The van der Waals surface area contributed by atoms with E-state index in [-0.39, 0.29) is 0 Å². The van der Waals surface area contributed by atoms with E-state index < -0.39 is 0 Å². The van der Waals surface area contributed by atoms with Crippen molar-refractivity contribution in [3.8, 4) is 6.07 Å². The van der Waals surface area contributed by atoms with Gasteiger partial charge in [-0.1, -0.05) is 17.7 Å². The smallest absolute Gasteiger partial charge is 0.0635 e. The van der Waals surface area contributed by atoms with Gasteiger partial charge in [0.1, 0.15) is 0 Å². The third-order valence-corrected chi connectivity index (χ3v) is 3.05. The van der Waals surface area contributed by atoms with Crippen molar-refractivity contribution >= 4 is 11.6 Å². The minimum atomic E-state index is 0.480. The zero-order valence-corrected chi connectivity index (χ0v) is 11.8. The van der Waals surface area contributed by atoms with Crippen LogP contribution in [0.5, 0.6) is 0 Å². The van der Waals surface area contributed by atoms with Crippen LogP contribution in [0.25, 0.3) is 0 Å². The first kappa shape index (κ1) is 14.4. The third-order valence-electron chi connectivity index (χ3n) is 2.82. The van der Waals surface area contributed by atoms with E-state index in [9.17, 15) is 0 Å². The molecule has 5 heteroatoms. The van der Waals surface area contributed by atoms with E-state index in [1.54, 1.807) is 18.5 Å². The average Bonchev–Trinajstić information content (AvgIpc) is 2.46. The highest BCUT2D eigenvalue weighted by atomic mass is 35.5. The van der Waals surface area contributed by atoms with Gasteiger partial charge in [-0.25, -0.2) is 0 Å². The van der Waals surface area contributed by atoms with E-state index in [2.05, 4.69) is 20.9 Å². The first-order chi connectivity index (χ1) is 9.78. The molecule has 2 rings (SSSR count). The largest absolute Gasteiger partial charge is 0.291 e. The minimum Gasteiger partial charge on any atom is -0.291 e. The van der Waals surface area contributed by atoms with Crippen LogP contribution in [0, 0.1) is 11.3 Å². The van der Waals surface area contributed by atoms with E-state index in [1.165, 1.54) is 0 Å². The number of hydrogen-bond acceptors (Lipinski definition) is 4. The lowest BCUT2D eigenvalue weighted by Crippen LogP contribution is -2.24. The molecule has 20 heavy (non-hydrogen) atoms. The average molecular weight is 287 g/mol. The van der Waals surface area contributed by atoms with Gasteiger partial charge in [-0.15, -0.1) is 0 Å². The molecule has 2 aromatic heterocycles. The van der Waals surface area contributed by atoms with Crippen LogP contribution in [-0.4, -0.2) is 21.4 Å². The lowest BCUT2D eigenvalue weighted by atomic mass is 10.2. The first-order valence-electron chi connectivity index (χ1n) is 6.37. The van der Waals surface area contributed by atoms with Crippen molar-refractivity contribution in [2.45, 2.75) is 19.5 Å². The molecule has 0 spiro atoms. The quantitative estimate of drug-likeness (QED) is 0.819. The zero-order chi connectivity index (χ0) is 14.2. The number of nitriles is 1. The molecule has 0 saturated carbocycles. The summed E-state index contributed by atoms with van der Waals surface area (Å²) in [6.45, 7) is 2.02. The van der Waals surface area contributed by atoms with Gasteiger partial charge in [0.05, 0.1) is 17.5 Å². The number of nitrogens with zero attached hydrogens (tertiary/aromatic N) is 4. The number of rotatable bonds is 6. The highest BCUT2D eigenvalue weighted by Gasteiger charge is 2.08. The van der Waals surface area contributed by atoms with E-state index in [0.29, 0.717) is 31.1 Å². The summed E-state index contributed by atoms with van der Waals surface area (Å²) in [5.41, 5.74) is 1.87. The van der Waals surface area contributed by atoms with Crippen LogP contribution in [0.1, 0.15) is 17.8 Å². The predicted molar refractivity (Wildman–Crippen MR) is 77.8 cm³/mol. The molecule has 0 N–H and O–H groups in total. The van der Waals surface area contributed by atoms with Crippen LogP contribution < -0.4 is 0 Å². The molecule has 2 heterocycles. The van der Waals surface area contributed by atoms with Crippen molar-refractivity contribution in [1.29, 1.82) is 5.26 Å². The molecule has 0 aliphatic rings. The maximum atomic E-state index is 8.76. The maximum absolute atomic E-state index is 8.76. The molecule has 0 aliphatic heterocycles. The monoisotopic (exact) mass is 286 g/mol. The second kappa shape index (κ2) is 7.59. The fourth-order valence-corrected chi connectivity index (χ4v) is 2.09. The van der Waals surface area contributed by atoms with Crippen molar-refractivity contribution in [2.24, 2.45) is 0 Å². The van der Waals surface area contributed by atoms with Crippen molar-refractivity contribution < 1.29 is 0 Å². The lowest BCUT2D eigenvalue weighted by Gasteiger charge is -2.20. The molecule has 0 fully saturated rings. The van der Waals surface area contributed by atoms with Gasteiger partial charge in [0.15, 0.2) is 0 Å². The highest BCUT2D eigenvalue weighted by molar-refractivity contribution is 6.30. The SMILES string of the molecule is N#CCCN(Cc1ccccn1)Cc1cc(Cl)ccn1. The Balaban J connectivity index is 2.05. The van der Waals surface area contributed by atoms with Crippen LogP contribution in [0.2, 0.25) is 5.02 Å². The molecule has 0 aromatic carbocycles. The molecular weight excluding hydrogens is 272 g/mol. The molecule has 0 aliphatic carbocycles. The van der Waals surface area contributed by atoms with Gasteiger partial charge in [0.2, 0.25) is 0 Å². The molecular formula is C15H15ClN4. The van der Waals surface area contributed by atoms with Crippen LogP contribution >= 0.6 is 11.6 Å². The summed E-state index contributed by atoms with van der Waals surface area (Å²) >= 11 is 5.97. The topological polar surface area (TPSA) is 52.8 Å². The Kier molecular flexibility index (Phi) is 5.48. The van der Waals surface area contributed by atoms with Gasteiger partial charge in [-0.05, 0) is 24.3 Å². The second-order valence-corrected chi connectivity index (χ2v) is 4.84. The maximum Gasteiger partial charge on any atom is 0.0635 e. The van der Waals surface area contributed by atoms with Gasteiger partial charge < -0.3 is 0 Å². The number of pyridine rings is 2. The Morgan fingerprint density at radius 1 is 1.10 bits per heavy atom. The molecule has 102 valence electrons. The van der Waals surface area contributed by atoms with E-state index in [4.69, 9.17) is 16.9 Å². The molecule has 0 unspecified atom stereocenters. The summed E-state index contributed by atoms with van der Waals surface area (Å²) in [5, 5.41) is 9.44. The Bertz CT molecular complexity index is 580. The van der Waals surface area contributed by atoms with Gasteiger partial charge in [-0.3, -0.25) is 14.9 Å². The molecule has 0 atom stereocenters. The second-order valence-electron chi connectivity index (χ2n) is 4.41. The number of hydrogen-bond donors (Lipinski definition) is 0. The Hall–Kier alpha value is -1.96. The van der Waals surface area contributed by atoms with Gasteiger partial charge in [0.25, 0.3) is 0 Å². The third kappa shape index (κ3) is 4.61. The predicted octanol–water partition coefficient (Wildman–Crippen LogP) is 3.05. The standard InChI is InChI=1S/C15H15ClN4/c16-13-5-8-19-15(10-13)12-20(9-3-6-17)11-14-4-1-2-7-18-14/h1-2,4-5,7-8,10H,3,9,11-12H2. The van der Waals surface area contributed by atoms with Gasteiger partial charge >= 0.3 is 0 Å². The Morgan fingerprint density at radius 3 is 2.60 bits per heavy atom. The summed E-state index contributed by atoms with van der Waals surface area (Å²) in [6, 6.07) is 11.6. The molecule has 2 aromatic rings. The Labute approximate surface area is 123 Å². The van der Waals surface area contributed by atoms with Crippen molar-refractivity contribution in [3.05, 3.63) is 59.1 Å². The van der Waals surface area contributed by atoms with E-state index in [0.717, 1.165) is 11.4 Å². The van der Waals surface area contributed by atoms with Crippen LogP contribution in [0.3, 0.4) is 0 Å². The fourth-order valence-electron chi connectivity index (χ4n) is 1.91. The summed E-state index contributed by atoms with van der Waals surface area (Å²) in [4.78, 5) is 10.8. The van der Waals surface area contributed by atoms with Crippen LogP contribution in [0.4, 0.5) is 0 Å². The first-order valence-corrected chi connectivity index (χ1v) is 6.75. The van der Waals surface area contributed by atoms with Crippen molar-refractivity contribution in [3.63, 3.8) is 0 Å². The van der Waals surface area contributed by atoms with E-state index >= 15 is 0 Å². The fraction of sp³-hybridized carbons (Fsp3) is 0.267. The van der Waals surface area contributed by atoms with Crippen molar-refractivity contribution in [2.75, 3.05) is 6.54 Å². The molecule has 0 amide bonds. The highest BCUT2D eigenvalue weighted by Crippen LogP contribution is 2.12. The normalized spacial score (nSPS) is 10.4. The van der Waals surface area contributed by atoms with Gasteiger partial charge in [-0.2, -0.15) is 5.26 Å². The van der Waals surface area contributed by atoms with E-state index in [1.807, 2.05) is 24.3 Å². The van der Waals surface area contributed by atoms with Crippen LogP contribution in [0.15, 0.2) is 42.7 Å². The summed E-state index contributed by atoms with van der Waals surface area (Å²) in [6.07, 6.45) is 3.95. The summed E-state index contributed by atoms with van der Waals surface area (Å²) in [5.74, 6) is 0. The number of halogens is 1. The lowest BCUT2D eigenvalue weighted by molar-refractivity contribution is 0.256. The molecule has 0 saturated heterocycles.